The van der Waals surface area contributed by atoms with Gasteiger partial charge in [-0.2, -0.15) is 0 Å². The van der Waals surface area contributed by atoms with Gasteiger partial charge < -0.3 is 59.5 Å². The molecule has 13 rings (SSSR count). The average Bonchev–Trinajstić information content (AvgIpc) is 2.41. The Kier molecular flexibility index (Phi) is 60.4. The number of amides is 3. The van der Waals surface area contributed by atoms with Gasteiger partial charge in [-0.15, -0.1) is 0 Å². The average molecular weight is 1370 g/mol. The molecule has 9 saturated heterocycles. The Morgan fingerprint density at radius 1 is 0.526 bits per heavy atom. The van der Waals surface area contributed by atoms with Crippen molar-refractivity contribution in [1.29, 1.82) is 0 Å². The molecule has 11 fully saturated rings. The van der Waals surface area contributed by atoms with Gasteiger partial charge in [0.25, 0.3) is 0 Å². The third-order valence-electron chi connectivity index (χ3n) is 20.0. The number of hydrogen-bond acceptors (Lipinski definition) is 13. The summed E-state index contributed by atoms with van der Waals surface area (Å²) in [7, 11) is 17.2. The highest BCUT2D eigenvalue weighted by molar-refractivity contribution is 6.03. The van der Waals surface area contributed by atoms with Crippen molar-refractivity contribution in [3.8, 4) is 0 Å². The molecule has 2 aromatic heterocycles. The summed E-state index contributed by atoms with van der Waals surface area (Å²) in [5.41, 5.74) is 2.66. The minimum atomic E-state index is -0.400. The Labute approximate surface area is 601 Å². The molecule has 2 aromatic rings. The molecule has 16 nitrogen and oxygen atoms in total. The first kappa shape index (κ1) is 93.7. The van der Waals surface area contributed by atoms with Crippen LogP contribution in [0.15, 0.2) is 61.2 Å². The van der Waals surface area contributed by atoms with Gasteiger partial charge in [0.1, 0.15) is 6.04 Å². The first-order valence-electron chi connectivity index (χ1n) is 39.2. The van der Waals surface area contributed by atoms with Crippen molar-refractivity contribution in [3.05, 3.63) is 66.8 Å². The number of piperidine rings is 5. The largest absolute Gasteiger partial charge is 0.395 e. The van der Waals surface area contributed by atoms with E-state index in [1.54, 1.807) is 13.1 Å². The highest BCUT2D eigenvalue weighted by Crippen LogP contribution is 2.27. The van der Waals surface area contributed by atoms with Crippen LogP contribution in [0.2, 0.25) is 0 Å². The number of allylic oxidation sites excluding steroid dienone is 1. The number of urea groups is 1. The van der Waals surface area contributed by atoms with Crippen LogP contribution in [-0.2, 0) is 11.8 Å². The van der Waals surface area contributed by atoms with Gasteiger partial charge >= 0.3 is 6.03 Å². The SMILES string of the molecule is C.C=C1CCC(C)C1.CC1CCCCC1.CC1CCCNC1.CC1CCN(C)CC1.CC1NC(=O)NC1=O.CCCCN1CCCCC1.CN1CCCC1.CN1CCCCC1.CN1CCCCC1.CN1CCC[C@H]1CO.CN1CCN(C)CC1.Cc1cccnc1.Cn1cccc1. The molecule has 11 aliphatic rings. The van der Waals surface area contributed by atoms with Gasteiger partial charge in [0.05, 0.1) is 6.61 Å². The van der Waals surface area contributed by atoms with Crippen LogP contribution in [-0.4, -0.2) is 252 Å². The standard InChI is InChI=1S/C9H19N.C7H15N.C7H12.C7H14.C6H14N2.C6H13NO.C6H13N.C6H7N.2C6H13N.C5H11N.C5H7N.C4H6N2O2.CH4/c1-2-3-7-10-8-5-4-6-9-10;1-7-3-5-8(2)6-4-7;1-6-3-4-7(2)5-6;1-7-5-3-2-4-6-7;1-7-3-5-8(2)6-4-7;1-7-4-2-3-6(7)5-8;2*1-6-3-2-4-7-5-6;2*1-7-5-3-2-4-6-7;2*1-6-4-2-3-5-6;1-2-3(7)6-4(8)5-2;/h2-9H2,1H3;7H,3-6H2,1-2H3;7H,1,3-5H2,2H3;7H,2-6H2,1H3;3-6H2,1-2H3;6,8H,2-5H2,1H3;6-7H,2-5H2,1H3;2-5H,1H3;2*2-6H2,1H3;2-5H2,1H3;2-5H,1H3;2H,1H3,(H2,5,6,7,8);1H4/t;;;;;6-;;;;;;;;/m.....0......../s1. The lowest BCUT2D eigenvalue weighted by Gasteiger charge is -2.28. The maximum Gasteiger partial charge on any atom is 0.322 e. The van der Waals surface area contributed by atoms with Crippen LogP contribution in [0.1, 0.15) is 228 Å². The molecular formula is C81H161N13O3. The number of aliphatic hydroxyl groups is 1. The maximum atomic E-state index is 10.4. The maximum absolute atomic E-state index is 10.4. The van der Waals surface area contributed by atoms with E-state index in [1.165, 1.54) is 296 Å². The number of likely N-dealkylation sites (tertiary alicyclic amines) is 6. The van der Waals surface area contributed by atoms with E-state index in [4.69, 9.17) is 5.11 Å². The molecule has 0 radical (unpaired) electrons. The number of aliphatic hydroxyl groups excluding tert-OH is 1. The summed E-state index contributed by atoms with van der Waals surface area (Å²) in [6.45, 7) is 42.6. The number of imide groups is 1. The molecule has 4 atom stereocenters. The summed E-state index contributed by atoms with van der Waals surface area (Å²) in [5, 5.41) is 16.5. The van der Waals surface area contributed by atoms with Gasteiger partial charge in [-0.25, -0.2) is 4.79 Å². The molecule has 2 saturated carbocycles. The molecule has 0 aromatic carbocycles. The third kappa shape index (κ3) is 57.0. The molecule has 0 spiro atoms. The van der Waals surface area contributed by atoms with E-state index in [-0.39, 0.29) is 19.4 Å². The van der Waals surface area contributed by atoms with E-state index in [2.05, 4.69) is 151 Å². The summed E-state index contributed by atoms with van der Waals surface area (Å²) >= 11 is 0. The molecule has 0 bridgehead atoms. The molecule has 16 heteroatoms. The number of carbonyl (C=O) groups is 2. The highest BCUT2D eigenvalue weighted by Gasteiger charge is 2.24. The Morgan fingerprint density at radius 3 is 1.23 bits per heavy atom. The van der Waals surface area contributed by atoms with E-state index in [9.17, 15) is 9.59 Å². The number of aromatic nitrogens is 2. The van der Waals surface area contributed by atoms with Crippen LogP contribution >= 0.6 is 0 Å². The zero-order chi connectivity index (χ0) is 71.0. The zero-order valence-electron chi connectivity index (χ0n) is 65.6. The molecule has 2 aliphatic carbocycles. The first-order chi connectivity index (χ1) is 46.1. The summed E-state index contributed by atoms with van der Waals surface area (Å²) in [6, 6.07) is 7.64. The van der Waals surface area contributed by atoms with Crippen molar-refractivity contribution < 1.29 is 14.7 Å². The number of hydrogen-bond donors (Lipinski definition) is 4. The second-order valence-electron chi connectivity index (χ2n) is 30.4. The summed E-state index contributed by atoms with van der Waals surface area (Å²) in [5.74, 6) is 3.61. The number of nitrogens with one attached hydrogen (secondary N) is 3. The second kappa shape index (κ2) is 62.5. The Bertz CT molecular complexity index is 1910. The lowest BCUT2D eigenvalue weighted by atomic mass is 9.91. The minimum absolute atomic E-state index is 0. The Hall–Kier alpha value is -3.29. The Balaban J connectivity index is 0.00000103. The molecule has 568 valence electrons. The number of nitrogens with zero attached hydrogens (tertiary/aromatic N) is 10. The van der Waals surface area contributed by atoms with Crippen molar-refractivity contribution in [3.63, 3.8) is 0 Å². The number of likely N-dealkylation sites (N-methyl/N-ethyl adjacent to an activating group) is 3. The molecule has 3 amide bonds. The predicted octanol–water partition coefficient (Wildman–Crippen LogP) is 14.7. The fraction of sp³-hybridized carbons (Fsp3) is 0.840. The number of pyridine rings is 1. The minimum Gasteiger partial charge on any atom is -0.395 e. The van der Waals surface area contributed by atoms with Crippen molar-refractivity contribution in [2.75, 3.05) is 174 Å². The molecular weight excluding hydrogens is 1200 g/mol. The molecule has 3 unspecified atom stereocenters. The second-order valence-corrected chi connectivity index (χ2v) is 30.4. The number of aryl methyl sites for hydroxylation is 2. The first-order valence-corrected chi connectivity index (χ1v) is 39.2. The molecule has 97 heavy (non-hydrogen) atoms. The fourth-order valence-electron chi connectivity index (χ4n) is 12.7. The van der Waals surface area contributed by atoms with Crippen molar-refractivity contribution in [2.45, 2.75) is 241 Å². The van der Waals surface area contributed by atoms with Gasteiger partial charge in [0, 0.05) is 64.1 Å². The third-order valence-corrected chi connectivity index (χ3v) is 20.0. The lowest BCUT2D eigenvalue weighted by molar-refractivity contribution is -0.119. The number of unbranched alkanes of at least 4 members (excludes halogenated alkanes) is 1. The molecule has 9 aliphatic heterocycles. The van der Waals surface area contributed by atoms with Crippen LogP contribution in [0.4, 0.5) is 4.79 Å². The topological polar surface area (TPSA) is 134 Å². The van der Waals surface area contributed by atoms with Gasteiger partial charge in [0.15, 0.2) is 0 Å². The van der Waals surface area contributed by atoms with Crippen LogP contribution in [0.5, 0.6) is 0 Å². The number of piperazine rings is 1. The summed E-state index contributed by atoms with van der Waals surface area (Å²) in [4.78, 5) is 43.6. The predicted molar refractivity (Wildman–Crippen MR) is 421 cm³/mol. The number of rotatable bonds is 4. The van der Waals surface area contributed by atoms with Gasteiger partial charge in [0.2, 0.25) is 5.91 Å². The monoisotopic (exact) mass is 1360 g/mol. The van der Waals surface area contributed by atoms with Crippen molar-refractivity contribution in [1.82, 2.24) is 64.7 Å². The zero-order valence-corrected chi connectivity index (χ0v) is 65.6. The van der Waals surface area contributed by atoms with Gasteiger partial charge in [-0.05, 0) is 318 Å². The number of carbonyl (C=O) groups excluding carboxylic acids is 2. The Morgan fingerprint density at radius 2 is 0.990 bits per heavy atom. The highest BCUT2D eigenvalue weighted by atomic mass is 16.3. The fourth-order valence-corrected chi connectivity index (χ4v) is 12.7. The molecule has 11 heterocycles. The van der Waals surface area contributed by atoms with E-state index < -0.39 is 6.03 Å². The van der Waals surface area contributed by atoms with E-state index in [0.717, 1.165) is 30.2 Å². The van der Waals surface area contributed by atoms with E-state index >= 15 is 0 Å². The van der Waals surface area contributed by atoms with E-state index in [0.29, 0.717) is 12.6 Å². The smallest absolute Gasteiger partial charge is 0.322 e. The quantitative estimate of drug-likeness (QED) is 0.171. The van der Waals surface area contributed by atoms with Crippen LogP contribution < -0.4 is 16.0 Å². The van der Waals surface area contributed by atoms with Gasteiger partial charge in [-0.3, -0.25) is 15.1 Å². The van der Waals surface area contributed by atoms with E-state index in [1.807, 2.05) is 61.4 Å². The normalized spacial score (nSPS) is 24.3. The van der Waals surface area contributed by atoms with Crippen LogP contribution in [0.3, 0.4) is 0 Å². The van der Waals surface area contributed by atoms with Crippen molar-refractivity contribution >= 4 is 11.9 Å². The van der Waals surface area contributed by atoms with Crippen LogP contribution in [0.25, 0.3) is 0 Å². The van der Waals surface area contributed by atoms with Gasteiger partial charge in [-0.1, -0.05) is 118 Å². The van der Waals surface area contributed by atoms with Crippen LogP contribution in [0, 0.1) is 30.6 Å². The van der Waals surface area contributed by atoms with Crippen molar-refractivity contribution in [2.24, 2.45) is 30.7 Å². The summed E-state index contributed by atoms with van der Waals surface area (Å²) < 4.78 is 2.00. The lowest BCUT2D eigenvalue weighted by Crippen LogP contribution is -2.42. The summed E-state index contributed by atoms with van der Waals surface area (Å²) in [6.07, 6.45) is 45.4. The molecule has 4 N–H and O–H groups in total.